The number of rotatable bonds is 6. The molecule has 122 valence electrons. The van der Waals surface area contributed by atoms with Gasteiger partial charge in [-0.05, 0) is 10.6 Å². The van der Waals surface area contributed by atoms with E-state index in [0.717, 1.165) is 12.2 Å². The van der Waals surface area contributed by atoms with Gasteiger partial charge in [0.2, 0.25) is 0 Å². The highest BCUT2D eigenvalue weighted by Crippen LogP contribution is 2.25. The number of aromatic amines is 1. The van der Waals surface area contributed by atoms with Crippen LogP contribution < -0.4 is 10.3 Å². The zero-order valence-corrected chi connectivity index (χ0v) is 13.9. The second-order valence-corrected chi connectivity index (χ2v) is 7.68. The molecular weight excluding hydrogens is 284 g/mol. The van der Waals surface area contributed by atoms with Gasteiger partial charge in [0.15, 0.2) is 0 Å². The predicted molar refractivity (Wildman–Crippen MR) is 82.0 cm³/mol. The van der Waals surface area contributed by atoms with E-state index in [-0.39, 0.29) is 16.4 Å². The number of nitrogens with zero attached hydrogens (tertiary/aromatic N) is 1. The van der Waals surface area contributed by atoms with Crippen molar-refractivity contribution in [2.45, 2.75) is 47.5 Å². The SMILES string of the molecule is CC(C)(C)Cc1cc(OCC(C)(C)Cc2cc(=O)[nH]o2)no1. The summed E-state index contributed by atoms with van der Waals surface area (Å²) in [7, 11) is 0. The third-order valence-corrected chi connectivity index (χ3v) is 3.08. The monoisotopic (exact) mass is 308 g/mol. The van der Waals surface area contributed by atoms with E-state index in [1.165, 1.54) is 6.07 Å². The lowest BCUT2D eigenvalue weighted by molar-refractivity contribution is 0.157. The molecule has 2 aromatic heterocycles. The van der Waals surface area contributed by atoms with Crippen molar-refractivity contribution < 1.29 is 13.8 Å². The molecule has 0 unspecified atom stereocenters. The van der Waals surface area contributed by atoms with Crippen LogP contribution in [-0.4, -0.2) is 16.9 Å². The number of H-pyrrole nitrogens is 1. The number of ether oxygens (including phenoxy) is 1. The van der Waals surface area contributed by atoms with Crippen molar-refractivity contribution >= 4 is 0 Å². The van der Waals surface area contributed by atoms with Crippen LogP contribution in [0.1, 0.15) is 46.1 Å². The summed E-state index contributed by atoms with van der Waals surface area (Å²) in [5, 5.41) is 6.23. The van der Waals surface area contributed by atoms with Crippen LogP contribution in [0.25, 0.3) is 0 Å². The average molecular weight is 308 g/mol. The molecular formula is C16H24N2O4. The van der Waals surface area contributed by atoms with E-state index in [0.29, 0.717) is 24.7 Å². The maximum absolute atomic E-state index is 11.1. The van der Waals surface area contributed by atoms with Crippen LogP contribution >= 0.6 is 0 Å². The Kier molecular flexibility index (Phi) is 4.49. The van der Waals surface area contributed by atoms with Gasteiger partial charge in [-0.3, -0.25) is 4.79 Å². The van der Waals surface area contributed by atoms with Crippen molar-refractivity contribution in [2.24, 2.45) is 10.8 Å². The van der Waals surface area contributed by atoms with E-state index in [2.05, 4.69) is 31.1 Å². The van der Waals surface area contributed by atoms with Crippen molar-refractivity contribution in [3.05, 3.63) is 34.0 Å². The highest BCUT2D eigenvalue weighted by molar-refractivity contribution is 5.12. The summed E-state index contributed by atoms with van der Waals surface area (Å²) in [6.45, 7) is 11.0. The van der Waals surface area contributed by atoms with Crippen LogP contribution in [0.2, 0.25) is 0 Å². The van der Waals surface area contributed by atoms with Gasteiger partial charge in [0.1, 0.15) is 11.5 Å². The Morgan fingerprint density at radius 1 is 1.14 bits per heavy atom. The molecule has 2 heterocycles. The normalized spacial score (nSPS) is 12.6. The molecule has 0 aliphatic carbocycles. The molecule has 0 amide bonds. The maximum Gasteiger partial charge on any atom is 0.280 e. The first-order valence-corrected chi connectivity index (χ1v) is 7.39. The average Bonchev–Trinajstić information content (AvgIpc) is 2.94. The molecule has 0 saturated carbocycles. The van der Waals surface area contributed by atoms with Gasteiger partial charge in [-0.1, -0.05) is 34.6 Å². The summed E-state index contributed by atoms with van der Waals surface area (Å²) >= 11 is 0. The minimum atomic E-state index is -0.227. The first-order chi connectivity index (χ1) is 10.1. The second-order valence-electron chi connectivity index (χ2n) is 7.68. The van der Waals surface area contributed by atoms with Crippen molar-refractivity contribution in [3.8, 4) is 5.88 Å². The van der Waals surface area contributed by atoms with Gasteiger partial charge in [-0.2, -0.15) is 5.16 Å². The number of hydrogen-bond donors (Lipinski definition) is 1. The van der Waals surface area contributed by atoms with E-state index >= 15 is 0 Å². The lowest BCUT2D eigenvalue weighted by atomic mass is 9.89. The molecule has 1 N–H and O–H groups in total. The highest BCUT2D eigenvalue weighted by atomic mass is 16.5. The Balaban J connectivity index is 1.90. The number of hydrogen-bond acceptors (Lipinski definition) is 5. The van der Waals surface area contributed by atoms with Crippen molar-refractivity contribution in [3.63, 3.8) is 0 Å². The van der Waals surface area contributed by atoms with Gasteiger partial charge in [-0.25, -0.2) is 0 Å². The van der Waals surface area contributed by atoms with E-state index < -0.39 is 0 Å². The number of nitrogens with one attached hydrogen (secondary N) is 1. The Morgan fingerprint density at radius 3 is 2.45 bits per heavy atom. The van der Waals surface area contributed by atoms with Gasteiger partial charge in [0.05, 0.1) is 6.61 Å². The third-order valence-electron chi connectivity index (χ3n) is 3.08. The first kappa shape index (κ1) is 16.4. The van der Waals surface area contributed by atoms with Crippen LogP contribution in [0.15, 0.2) is 26.0 Å². The molecule has 0 spiro atoms. The maximum atomic E-state index is 11.1. The van der Waals surface area contributed by atoms with Crippen molar-refractivity contribution in [2.75, 3.05) is 6.61 Å². The molecule has 0 bridgehead atoms. The summed E-state index contributed by atoms with van der Waals surface area (Å²) in [5.74, 6) is 1.92. The van der Waals surface area contributed by atoms with Crippen LogP contribution in [-0.2, 0) is 12.8 Å². The molecule has 0 radical (unpaired) electrons. The standard InChI is InChI=1S/C16H24N2O4/c1-15(2,3)8-12-7-14(18-22-12)20-10-16(4,5)9-11-6-13(19)17-21-11/h6-7H,8-10H2,1-5H3,(H,17,19). The second kappa shape index (κ2) is 6.02. The molecule has 0 atom stereocenters. The fraction of sp³-hybridized carbons (Fsp3) is 0.625. The van der Waals surface area contributed by atoms with E-state index in [9.17, 15) is 4.79 Å². The third kappa shape index (κ3) is 5.09. The smallest absolute Gasteiger partial charge is 0.280 e. The summed E-state index contributed by atoms with van der Waals surface area (Å²) in [4.78, 5) is 11.1. The zero-order chi connectivity index (χ0) is 16.4. The minimum Gasteiger partial charge on any atom is -0.475 e. The lowest BCUT2D eigenvalue weighted by Gasteiger charge is -2.22. The van der Waals surface area contributed by atoms with Gasteiger partial charge in [0.25, 0.3) is 11.4 Å². The first-order valence-electron chi connectivity index (χ1n) is 7.39. The van der Waals surface area contributed by atoms with E-state index in [1.54, 1.807) is 0 Å². The zero-order valence-electron chi connectivity index (χ0n) is 13.9. The van der Waals surface area contributed by atoms with Gasteiger partial charge < -0.3 is 13.8 Å². The fourth-order valence-electron chi connectivity index (χ4n) is 2.17. The highest BCUT2D eigenvalue weighted by Gasteiger charge is 2.23. The topological polar surface area (TPSA) is 81.3 Å². The fourth-order valence-corrected chi connectivity index (χ4v) is 2.17. The Labute approximate surface area is 129 Å². The molecule has 0 aliphatic heterocycles. The van der Waals surface area contributed by atoms with Crippen LogP contribution in [0.3, 0.4) is 0 Å². The molecule has 2 rings (SSSR count). The molecule has 6 nitrogen and oxygen atoms in total. The molecule has 0 fully saturated rings. The van der Waals surface area contributed by atoms with Crippen LogP contribution in [0.5, 0.6) is 5.88 Å². The molecule has 6 heteroatoms. The Hall–Kier alpha value is -1.98. The summed E-state index contributed by atoms with van der Waals surface area (Å²) in [6, 6.07) is 3.29. The summed E-state index contributed by atoms with van der Waals surface area (Å²) in [6.07, 6.45) is 1.40. The quantitative estimate of drug-likeness (QED) is 0.886. The molecule has 22 heavy (non-hydrogen) atoms. The van der Waals surface area contributed by atoms with Crippen molar-refractivity contribution in [1.82, 2.24) is 10.3 Å². The largest absolute Gasteiger partial charge is 0.475 e. The molecule has 0 saturated heterocycles. The van der Waals surface area contributed by atoms with Gasteiger partial charge >= 0.3 is 0 Å². The summed E-state index contributed by atoms with van der Waals surface area (Å²) < 4.78 is 16.1. The molecule has 2 aromatic rings. The van der Waals surface area contributed by atoms with E-state index in [1.807, 2.05) is 19.9 Å². The van der Waals surface area contributed by atoms with Crippen LogP contribution in [0, 0.1) is 10.8 Å². The van der Waals surface area contributed by atoms with Gasteiger partial charge in [-0.15, -0.1) is 0 Å². The van der Waals surface area contributed by atoms with Gasteiger partial charge in [0, 0.05) is 30.4 Å². The van der Waals surface area contributed by atoms with Crippen LogP contribution in [0.4, 0.5) is 0 Å². The predicted octanol–water partition coefficient (Wildman–Crippen LogP) is 3.19. The summed E-state index contributed by atoms with van der Waals surface area (Å²) in [5.41, 5.74) is -0.279. The lowest BCUT2D eigenvalue weighted by Crippen LogP contribution is -2.24. The Bertz CT molecular complexity index is 658. The number of aromatic nitrogens is 2. The molecule has 0 aromatic carbocycles. The van der Waals surface area contributed by atoms with E-state index in [4.69, 9.17) is 13.8 Å². The van der Waals surface area contributed by atoms with Crippen molar-refractivity contribution in [1.29, 1.82) is 0 Å². The Morgan fingerprint density at radius 2 is 1.86 bits per heavy atom. The minimum absolute atomic E-state index is 0.141. The molecule has 0 aliphatic rings.